The third kappa shape index (κ3) is 3.25. The van der Waals surface area contributed by atoms with Gasteiger partial charge in [0.05, 0.1) is 6.33 Å². The van der Waals surface area contributed by atoms with Gasteiger partial charge in [-0.1, -0.05) is 0 Å². The van der Waals surface area contributed by atoms with Gasteiger partial charge in [-0.05, 0) is 6.92 Å². The Balaban J connectivity index is 1.95. The van der Waals surface area contributed by atoms with Crippen molar-refractivity contribution >= 4 is 29.1 Å². The van der Waals surface area contributed by atoms with Crippen LogP contribution in [0, 0.1) is 0 Å². The molecule has 0 bridgehead atoms. The van der Waals surface area contributed by atoms with Gasteiger partial charge in [-0.15, -0.1) is 0 Å². The van der Waals surface area contributed by atoms with Gasteiger partial charge in [-0.25, -0.2) is 4.98 Å². The second-order valence-corrected chi connectivity index (χ2v) is 6.27. The predicted molar refractivity (Wildman–Crippen MR) is 87.9 cm³/mol. The van der Waals surface area contributed by atoms with Crippen molar-refractivity contribution in [2.75, 3.05) is 12.3 Å². The fourth-order valence-corrected chi connectivity index (χ4v) is 2.94. The summed E-state index contributed by atoms with van der Waals surface area (Å²) in [6.45, 7) is 4.14. The lowest BCUT2D eigenvalue weighted by molar-refractivity contribution is -0.171. The zero-order valence-corrected chi connectivity index (χ0v) is 14.5. The van der Waals surface area contributed by atoms with Crippen molar-refractivity contribution in [2.45, 2.75) is 45.1 Å². The number of hydrogen-bond donors (Lipinski definition) is 2. The lowest BCUT2D eigenvalue weighted by Gasteiger charge is -2.29. The van der Waals surface area contributed by atoms with Crippen molar-refractivity contribution in [1.82, 2.24) is 19.5 Å². The molecule has 0 saturated carbocycles. The maximum atomic E-state index is 11.9. The summed E-state index contributed by atoms with van der Waals surface area (Å²) in [5.74, 6) is -1.02. The Morgan fingerprint density at radius 2 is 2.19 bits per heavy atom. The quantitative estimate of drug-likeness (QED) is 0.706. The van der Waals surface area contributed by atoms with Crippen LogP contribution < -0.4 is 11.3 Å². The van der Waals surface area contributed by atoms with Gasteiger partial charge in [-0.3, -0.25) is 23.9 Å². The van der Waals surface area contributed by atoms with Crippen LogP contribution in [0.15, 0.2) is 11.1 Å². The average molecular weight is 365 g/mol. The summed E-state index contributed by atoms with van der Waals surface area (Å²) in [7, 11) is 0. The molecule has 1 fully saturated rings. The van der Waals surface area contributed by atoms with E-state index in [1.807, 2.05) is 0 Å². The normalized spacial score (nSPS) is 25.3. The average Bonchev–Trinajstić information content (AvgIpc) is 3.07. The Kier molecular flexibility index (Phi) is 4.40. The largest absolute Gasteiger partial charge is 0.463 e. The highest BCUT2D eigenvalue weighted by Crippen LogP contribution is 2.39. The van der Waals surface area contributed by atoms with Gasteiger partial charge in [0, 0.05) is 20.3 Å². The lowest BCUT2D eigenvalue weighted by atomic mass is 10.00. The summed E-state index contributed by atoms with van der Waals surface area (Å²) < 4.78 is 18.0. The van der Waals surface area contributed by atoms with Crippen LogP contribution in [0.1, 0.15) is 33.4 Å². The van der Waals surface area contributed by atoms with E-state index in [4.69, 9.17) is 19.9 Å². The highest BCUT2D eigenvalue weighted by Gasteiger charge is 2.49. The molecule has 2 aromatic rings. The number of nitrogen functional groups attached to an aromatic ring is 1. The van der Waals surface area contributed by atoms with E-state index in [0.717, 1.165) is 0 Å². The second kappa shape index (κ2) is 6.41. The van der Waals surface area contributed by atoms with Gasteiger partial charge in [0.1, 0.15) is 24.5 Å². The molecule has 0 unspecified atom stereocenters. The lowest BCUT2D eigenvalue weighted by Crippen LogP contribution is -2.43. The highest BCUT2D eigenvalue weighted by atomic mass is 16.6. The number of nitrogens with one attached hydrogen (secondary N) is 1. The molecule has 0 amide bonds. The van der Waals surface area contributed by atoms with Crippen LogP contribution in [0.2, 0.25) is 0 Å². The molecule has 0 aromatic carbocycles. The number of nitrogens with two attached hydrogens (primary N) is 1. The number of nitrogens with zero attached hydrogens (tertiary/aromatic N) is 3. The molecular weight excluding hydrogens is 346 g/mol. The van der Waals surface area contributed by atoms with Gasteiger partial charge >= 0.3 is 11.9 Å². The summed E-state index contributed by atoms with van der Waals surface area (Å²) in [5, 5.41) is 0. The molecule has 2 aromatic heterocycles. The number of rotatable bonds is 4. The van der Waals surface area contributed by atoms with E-state index in [2.05, 4.69) is 15.0 Å². The number of aromatic amines is 1. The second-order valence-electron chi connectivity index (χ2n) is 6.27. The van der Waals surface area contributed by atoms with E-state index >= 15 is 0 Å². The Hall–Kier alpha value is -2.95. The maximum Gasteiger partial charge on any atom is 0.303 e. The Morgan fingerprint density at radius 3 is 2.85 bits per heavy atom. The number of ether oxygens (including phenoxy) is 3. The number of hydrogen-bond acceptors (Lipinski definition) is 9. The van der Waals surface area contributed by atoms with E-state index in [1.54, 1.807) is 6.92 Å². The van der Waals surface area contributed by atoms with Crippen LogP contribution in [0.3, 0.4) is 0 Å². The number of carbonyl (C=O) groups is 2. The molecule has 0 aliphatic carbocycles. The first-order valence-corrected chi connectivity index (χ1v) is 7.90. The summed E-state index contributed by atoms with van der Waals surface area (Å²) in [4.78, 5) is 45.0. The van der Waals surface area contributed by atoms with Crippen molar-refractivity contribution in [2.24, 2.45) is 0 Å². The van der Waals surface area contributed by atoms with E-state index in [-0.39, 0.29) is 30.1 Å². The van der Waals surface area contributed by atoms with Crippen molar-refractivity contribution in [3.8, 4) is 0 Å². The molecule has 3 N–H and O–H groups in total. The molecule has 0 radical (unpaired) electrons. The number of aromatic nitrogens is 4. The fraction of sp³-hybridized carbons (Fsp3) is 0.533. The fourth-order valence-electron chi connectivity index (χ4n) is 2.94. The molecule has 3 heterocycles. The van der Waals surface area contributed by atoms with E-state index in [1.165, 1.54) is 24.7 Å². The van der Waals surface area contributed by atoms with Crippen molar-refractivity contribution in [3.63, 3.8) is 0 Å². The first kappa shape index (κ1) is 17.9. The minimum atomic E-state index is -1.06. The van der Waals surface area contributed by atoms with Gasteiger partial charge < -0.3 is 19.9 Å². The van der Waals surface area contributed by atoms with E-state index < -0.39 is 35.4 Å². The summed E-state index contributed by atoms with van der Waals surface area (Å²) in [6, 6.07) is 0. The monoisotopic (exact) mass is 365 g/mol. The molecule has 1 aliphatic rings. The zero-order valence-electron chi connectivity index (χ0n) is 14.5. The Morgan fingerprint density at radius 1 is 1.46 bits per heavy atom. The minimum Gasteiger partial charge on any atom is -0.463 e. The molecule has 11 nitrogen and oxygen atoms in total. The van der Waals surface area contributed by atoms with Crippen LogP contribution in [-0.2, 0) is 23.8 Å². The van der Waals surface area contributed by atoms with Gasteiger partial charge in [0.25, 0.3) is 5.56 Å². The number of anilines is 1. The van der Waals surface area contributed by atoms with Crippen LogP contribution >= 0.6 is 0 Å². The third-order valence-electron chi connectivity index (χ3n) is 4.13. The van der Waals surface area contributed by atoms with Gasteiger partial charge in [0.2, 0.25) is 5.95 Å². The van der Waals surface area contributed by atoms with Crippen LogP contribution in [0.5, 0.6) is 0 Å². The molecular formula is C15H19N5O6. The standard InChI is InChI=1S/C15H19N5O6/c1-7(21)24-5-15(3)9(25-8(2)22)4-10(26-15)20-6-17-11-12(20)18-14(16)19-13(11)23/h6,9-10H,4-5H2,1-3H3,(H3,16,18,19,23)/t9-,10+,15+/m0/s1. The van der Waals surface area contributed by atoms with Crippen LogP contribution in [0.25, 0.3) is 11.2 Å². The molecule has 140 valence electrons. The first-order chi connectivity index (χ1) is 12.2. The molecule has 26 heavy (non-hydrogen) atoms. The summed E-state index contributed by atoms with van der Waals surface area (Å²) in [5.41, 5.74) is 4.43. The number of esters is 2. The number of H-pyrrole nitrogens is 1. The van der Waals surface area contributed by atoms with Crippen molar-refractivity contribution in [1.29, 1.82) is 0 Å². The SMILES string of the molecule is CC(=O)OC[C@@]1(C)O[C@@H](n2cnc3c(=O)[nH]c(N)nc32)C[C@@H]1OC(C)=O. The minimum absolute atomic E-state index is 0.0542. The van der Waals surface area contributed by atoms with E-state index in [0.29, 0.717) is 0 Å². The molecule has 0 spiro atoms. The van der Waals surface area contributed by atoms with E-state index in [9.17, 15) is 14.4 Å². The molecule has 1 saturated heterocycles. The summed E-state index contributed by atoms with van der Waals surface area (Å²) >= 11 is 0. The van der Waals surface area contributed by atoms with Crippen molar-refractivity contribution < 1.29 is 23.8 Å². The van der Waals surface area contributed by atoms with Crippen LogP contribution in [0.4, 0.5) is 5.95 Å². The zero-order chi connectivity index (χ0) is 19.1. The third-order valence-corrected chi connectivity index (χ3v) is 4.13. The highest BCUT2D eigenvalue weighted by molar-refractivity contribution is 5.70. The molecule has 3 atom stereocenters. The van der Waals surface area contributed by atoms with Gasteiger partial charge in [0.15, 0.2) is 11.2 Å². The predicted octanol–water partition coefficient (Wildman–Crippen LogP) is -0.126. The number of fused-ring (bicyclic) bond motifs is 1. The van der Waals surface area contributed by atoms with Gasteiger partial charge in [-0.2, -0.15) is 4.98 Å². The molecule has 11 heteroatoms. The summed E-state index contributed by atoms with van der Waals surface area (Å²) in [6.07, 6.45) is 0.358. The smallest absolute Gasteiger partial charge is 0.303 e. The van der Waals surface area contributed by atoms with Crippen molar-refractivity contribution in [3.05, 3.63) is 16.7 Å². The number of carbonyl (C=O) groups excluding carboxylic acids is 2. The molecule has 3 rings (SSSR count). The Bertz CT molecular complexity index is 921. The molecule has 1 aliphatic heterocycles. The first-order valence-electron chi connectivity index (χ1n) is 7.90. The topological polar surface area (TPSA) is 151 Å². The maximum absolute atomic E-state index is 11.9. The number of imidazole rings is 1. The Labute approximate surface area is 147 Å². The van der Waals surface area contributed by atoms with Crippen LogP contribution in [-0.4, -0.2) is 49.8 Å².